The van der Waals surface area contributed by atoms with Gasteiger partial charge in [-0.3, -0.25) is 14.2 Å². The highest BCUT2D eigenvalue weighted by molar-refractivity contribution is 5.80. The maximum absolute atomic E-state index is 14.1. The van der Waals surface area contributed by atoms with Crippen LogP contribution >= 0.6 is 0 Å². The summed E-state index contributed by atoms with van der Waals surface area (Å²) >= 11 is 0. The number of carbonyl (C=O) groups is 1. The van der Waals surface area contributed by atoms with Crippen LogP contribution in [0.4, 0.5) is 0 Å². The van der Waals surface area contributed by atoms with Crippen molar-refractivity contribution in [3.8, 4) is 5.69 Å². The Morgan fingerprint density at radius 2 is 1.57 bits per heavy atom. The van der Waals surface area contributed by atoms with E-state index in [1.54, 1.807) is 4.57 Å². The summed E-state index contributed by atoms with van der Waals surface area (Å²) in [4.78, 5) is 35.0. The molecule has 0 saturated heterocycles. The monoisotopic (exact) mass is 493 g/mol. The van der Waals surface area contributed by atoms with Crippen LogP contribution in [0.1, 0.15) is 62.9 Å². The van der Waals surface area contributed by atoms with E-state index < -0.39 is 0 Å². The molecule has 1 aliphatic rings. The third kappa shape index (κ3) is 5.36. The van der Waals surface area contributed by atoms with Gasteiger partial charge < -0.3 is 4.90 Å². The lowest BCUT2D eigenvalue weighted by Crippen LogP contribution is -2.43. The number of nitrogens with zero attached hydrogens (tertiary/aromatic N) is 3. The van der Waals surface area contributed by atoms with Gasteiger partial charge in [0, 0.05) is 12.5 Å². The van der Waals surface area contributed by atoms with Crippen molar-refractivity contribution in [3.63, 3.8) is 0 Å². The van der Waals surface area contributed by atoms with Crippen LogP contribution < -0.4 is 5.56 Å². The first-order valence-electron chi connectivity index (χ1n) is 13.6. The summed E-state index contributed by atoms with van der Waals surface area (Å²) in [6, 6.07) is 27.2. The maximum Gasteiger partial charge on any atom is 0.266 e. The SMILES string of the molecule is CCC(c1nc2ccccc2c(=O)n1-c1ccccc1)N(CCc1ccccc1)C(=O)C1CCCCC1. The van der Waals surface area contributed by atoms with E-state index in [9.17, 15) is 9.59 Å². The minimum Gasteiger partial charge on any atom is -0.332 e. The Hall–Kier alpha value is -3.73. The zero-order valence-corrected chi connectivity index (χ0v) is 21.6. The molecule has 3 aromatic carbocycles. The molecule has 0 spiro atoms. The number of para-hydroxylation sites is 2. The Morgan fingerprint density at radius 1 is 0.919 bits per heavy atom. The molecular weight excluding hydrogens is 458 g/mol. The second kappa shape index (κ2) is 11.5. The van der Waals surface area contributed by atoms with Crippen molar-refractivity contribution in [2.45, 2.75) is 57.9 Å². The van der Waals surface area contributed by atoms with Gasteiger partial charge in [0.1, 0.15) is 5.82 Å². The standard InChI is InChI=1S/C32H35N3O2/c1-2-29(34(23-22-24-14-6-3-7-15-24)31(36)25-16-8-4-9-17-25)30-33-28-21-13-12-20-27(28)32(37)35(30)26-18-10-5-11-19-26/h3,5-7,10-15,18-21,25,29H,2,4,8-9,16-17,22-23H2,1H3. The van der Waals surface area contributed by atoms with Crippen molar-refractivity contribution in [1.29, 1.82) is 0 Å². The number of hydrogen-bond donors (Lipinski definition) is 0. The highest BCUT2D eigenvalue weighted by Gasteiger charge is 2.33. The Kier molecular flexibility index (Phi) is 7.79. The summed E-state index contributed by atoms with van der Waals surface area (Å²) in [6.07, 6.45) is 6.71. The van der Waals surface area contributed by atoms with Crippen molar-refractivity contribution in [2.24, 2.45) is 5.92 Å². The summed E-state index contributed by atoms with van der Waals surface area (Å²) in [6.45, 7) is 2.68. The minimum atomic E-state index is -0.310. The van der Waals surface area contributed by atoms with Gasteiger partial charge in [-0.15, -0.1) is 0 Å². The maximum atomic E-state index is 14.1. The van der Waals surface area contributed by atoms with Gasteiger partial charge in [0.05, 0.1) is 22.6 Å². The topological polar surface area (TPSA) is 55.2 Å². The molecule has 1 aliphatic carbocycles. The van der Waals surface area contributed by atoms with Crippen molar-refractivity contribution in [1.82, 2.24) is 14.5 Å². The smallest absolute Gasteiger partial charge is 0.266 e. The van der Waals surface area contributed by atoms with Crippen LogP contribution in [0.5, 0.6) is 0 Å². The molecule has 0 N–H and O–H groups in total. The second-order valence-electron chi connectivity index (χ2n) is 9.99. The van der Waals surface area contributed by atoms with E-state index in [0.717, 1.165) is 37.8 Å². The number of fused-ring (bicyclic) bond motifs is 1. The molecule has 4 aromatic rings. The van der Waals surface area contributed by atoms with E-state index in [0.29, 0.717) is 29.7 Å². The molecule has 1 amide bonds. The molecule has 1 atom stereocenters. The predicted octanol–water partition coefficient (Wildman–Crippen LogP) is 6.49. The largest absolute Gasteiger partial charge is 0.332 e. The van der Waals surface area contributed by atoms with E-state index in [1.807, 2.05) is 77.7 Å². The number of carbonyl (C=O) groups excluding carboxylic acids is 1. The molecule has 1 saturated carbocycles. The van der Waals surface area contributed by atoms with Crippen molar-refractivity contribution in [2.75, 3.05) is 6.54 Å². The first-order valence-corrected chi connectivity index (χ1v) is 13.6. The van der Waals surface area contributed by atoms with Crippen LogP contribution in [0, 0.1) is 5.92 Å². The Balaban J connectivity index is 1.63. The zero-order chi connectivity index (χ0) is 25.6. The Morgan fingerprint density at radius 3 is 2.27 bits per heavy atom. The Labute approximate surface area is 218 Å². The quantitative estimate of drug-likeness (QED) is 0.282. The fourth-order valence-corrected chi connectivity index (χ4v) is 5.64. The molecule has 5 nitrogen and oxygen atoms in total. The third-order valence-corrected chi connectivity index (χ3v) is 7.60. The number of aromatic nitrogens is 2. The second-order valence-corrected chi connectivity index (χ2v) is 9.99. The lowest BCUT2D eigenvalue weighted by atomic mass is 9.87. The number of benzene rings is 3. The van der Waals surface area contributed by atoms with Gasteiger partial charge in [-0.05, 0) is 55.5 Å². The fraction of sp³-hybridized carbons (Fsp3) is 0.344. The van der Waals surface area contributed by atoms with Crippen LogP contribution in [0.15, 0.2) is 89.7 Å². The molecular formula is C32H35N3O2. The molecule has 0 radical (unpaired) electrons. The Bertz CT molecular complexity index is 1390. The van der Waals surface area contributed by atoms with E-state index in [4.69, 9.17) is 4.98 Å². The normalized spacial score (nSPS) is 14.9. The molecule has 1 unspecified atom stereocenters. The molecule has 1 heterocycles. The predicted molar refractivity (Wildman–Crippen MR) is 149 cm³/mol. The van der Waals surface area contributed by atoms with Gasteiger partial charge in [-0.25, -0.2) is 4.98 Å². The van der Waals surface area contributed by atoms with E-state index >= 15 is 0 Å². The van der Waals surface area contributed by atoms with E-state index in [1.165, 1.54) is 12.0 Å². The van der Waals surface area contributed by atoms with Gasteiger partial charge in [0.2, 0.25) is 5.91 Å². The van der Waals surface area contributed by atoms with Crippen molar-refractivity contribution < 1.29 is 4.79 Å². The minimum absolute atomic E-state index is 0.0379. The molecule has 5 heteroatoms. The molecule has 37 heavy (non-hydrogen) atoms. The van der Waals surface area contributed by atoms with Crippen LogP contribution in [-0.2, 0) is 11.2 Å². The van der Waals surface area contributed by atoms with Crippen LogP contribution in [0.25, 0.3) is 16.6 Å². The highest BCUT2D eigenvalue weighted by Crippen LogP contribution is 2.32. The van der Waals surface area contributed by atoms with Crippen LogP contribution in [0.2, 0.25) is 0 Å². The first-order chi connectivity index (χ1) is 18.2. The number of hydrogen-bond acceptors (Lipinski definition) is 3. The fourth-order valence-electron chi connectivity index (χ4n) is 5.64. The van der Waals surface area contributed by atoms with Crippen LogP contribution in [0.3, 0.4) is 0 Å². The summed E-state index contributed by atoms with van der Waals surface area (Å²) in [7, 11) is 0. The average molecular weight is 494 g/mol. The molecule has 1 aromatic heterocycles. The van der Waals surface area contributed by atoms with Gasteiger partial charge >= 0.3 is 0 Å². The van der Waals surface area contributed by atoms with E-state index in [-0.39, 0.29) is 23.4 Å². The molecule has 1 fully saturated rings. The lowest BCUT2D eigenvalue weighted by molar-refractivity contribution is -0.139. The summed E-state index contributed by atoms with van der Waals surface area (Å²) in [5.41, 5.74) is 2.54. The molecule has 190 valence electrons. The van der Waals surface area contributed by atoms with Gasteiger partial charge in [0.25, 0.3) is 5.56 Å². The zero-order valence-electron chi connectivity index (χ0n) is 21.6. The highest BCUT2D eigenvalue weighted by atomic mass is 16.2. The molecule has 5 rings (SSSR count). The first kappa shape index (κ1) is 24.9. The summed E-state index contributed by atoms with van der Waals surface area (Å²) in [5.74, 6) is 0.870. The summed E-state index contributed by atoms with van der Waals surface area (Å²) < 4.78 is 1.72. The number of rotatable bonds is 8. The lowest BCUT2D eigenvalue weighted by Gasteiger charge is -2.36. The molecule has 0 bridgehead atoms. The van der Waals surface area contributed by atoms with Crippen molar-refractivity contribution in [3.05, 3.63) is 107 Å². The van der Waals surface area contributed by atoms with Crippen LogP contribution in [-0.4, -0.2) is 26.9 Å². The van der Waals surface area contributed by atoms with Gasteiger partial charge in [-0.1, -0.05) is 86.8 Å². The third-order valence-electron chi connectivity index (χ3n) is 7.60. The van der Waals surface area contributed by atoms with Gasteiger partial charge in [-0.2, -0.15) is 0 Å². The van der Waals surface area contributed by atoms with Gasteiger partial charge in [0.15, 0.2) is 0 Å². The molecule has 0 aliphatic heterocycles. The van der Waals surface area contributed by atoms with E-state index in [2.05, 4.69) is 19.1 Å². The number of amides is 1. The summed E-state index contributed by atoms with van der Waals surface area (Å²) in [5, 5.41) is 0.583. The van der Waals surface area contributed by atoms with Crippen molar-refractivity contribution >= 4 is 16.8 Å². The average Bonchev–Trinajstić information content (AvgIpc) is 2.96.